The number of rotatable bonds is 6. The second-order valence-corrected chi connectivity index (χ2v) is 10.0. The predicted octanol–water partition coefficient (Wildman–Crippen LogP) is 3.40. The molecular formula is C20H22N4O4S2. The van der Waals surface area contributed by atoms with Crippen LogP contribution in [0.25, 0.3) is 11.4 Å². The highest BCUT2D eigenvalue weighted by Crippen LogP contribution is 2.27. The third-order valence-electron chi connectivity index (χ3n) is 5.00. The van der Waals surface area contributed by atoms with E-state index in [1.54, 1.807) is 23.5 Å². The Labute approximate surface area is 179 Å². The number of sulfonamides is 1. The van der Waals surface area contributed by atoms with Crippen LogP contribution in [-0.2, 0) is 21.2 Å². The van der Waals surface area contributed by atoms with Crippen LogP contribution in [0.1, 0.15) is 25.7 Å². The molecule has 0 aliphatic carbocycles. The first-order valence-electron chi connectivity index (χ1n) is 9.65. The van der Waals surface area contributed by atoms with Crippen molar-refractivity contribution in [3.05, 3.63) is 47.0 Å². The van der Waals surface area contributed by atoms with E-state index in [-0.39, 0.29) is 16.7 Å². The summed E-state index contributed by atoms with van der Waals surface area (Å²) >= 11 is 1.57. The number of nitrogens with zero attached hydrogens (tertiary/aromatic N) is 3. The van der Waals surface area contributed by atoms with E-state index in [2.05, 4.69) is 15.5 Å². The molecule has 1 saturated heterocycles. The molecule has 1 N–H and O–H groups in total. The zero-order valence-corrected chi connectivity index (χ0v) is 18.1. The van der Waals surface area contributed by atoms with Crippen LogP contribution >= 0.6 is 11.3 Å². The van der Waals surface area contributed by atoms with Crippen LogP contribution in [0.4, 0.5) is 5.69 Å². The third-order valence-corrected chi connectivity index (χ3v) is 7.57. The van der Waals surface area contributed by atoms with Crippen LogP contribution in [0.3, 0.4) is 0 Å². The van der Waals surface area contributed by atoms with Crippen LogP contribution in [0.15, 0.2) is 50.5 Å². The van der Waals surface area contributed by atoms with Gasteiger partial charge in [-0.1, -0.05) is 5.16 Å². The smallest absolute Gasteiger partial charge is 0.243 e. The summed E-state index contributed by atoms with van der Waals surface area (Å²) in [6.07, 6.45) is 2.23. The van der Waals surface area contributed by atoms with Gasteiger partial charge in [0, 0.05) is 43.1 Å². The molecular weight excluding hydrogens is 424 g/mol. The van der Waals surface area contributed by atoms with Crippen molar-refractivity contribution in [3.63, 3.8) is 0 Å². The van der Waals surface area contributed by atoms with Gasteiger partial charge in [-0.05, 0) is 54.5 Å². The van der Waals surface area contributed by atoms with E-state index in [9.17, 15) is 13.2 Å². The molecule has 1 amide bonds. The Morgan fingerprint density at radius 3 is 2.80 bits per heavy atom. The maximum absolute atomic E-state index is 13.1. The first-order chi connectivity index (χ1) is 14.4. The lowest BCUT2D eigenvalue weighted by Gasteiger charge is -2.31. The summed E-state index contributed by atoms with van der Waals surface area (Å²) in [5, 5.41) is 10.6. The molecule has 3 heterocycles. The molecule has 2 aromatic heterocycles. The Hall–Kier alpha value is -2.56. The zero-order chi connectivity index (χ0) is 21.1. The van der Waals surface area contributed by atoms with Gasteiger partial charge in [-0.3, -0.25) is 4.79 Å². The summed E-state index contributed by atoms with van der Waals surface area (Å²) < 4.78 is 33.0. The van der Waals surface area contributed by atoms with Gasteiger partial charge in [0.05, 0.1) is 4.90 Å². The standard InChI is InChI=1S/C20H22N4O4S2/c1-14(25)21-17-4-6-18(7-5-17)30(26,27)24-9-2-3-15(12-24)11-19-22-20(23-28-19)16-8-10-29-13-16/h4-8,10,13,15H,2-3,9,11-12H2,1H3,(H,21,25). The number of amides is 1. The van der Waals surface area contributed by atoms with Crippen LogP contribution in [0.2, 0.25) is 0 Å². The molecule has 0 saturated carbocycles. The monoisotopic (exact) mass is 446 g/mol. The minimum Gasteiger partial charge on any atom is -0.339 e. The molecule has 8 nitrogen and oxygen atoms in total. The number of benzene rings is 1. The molecule has 4 rings (SSSR count). The number of hydrogen-bond acceptors (Lipinski definition) is 7. The molecule has 1 unspecified atom stereocenters. The SMILES string of the molecule is CC(=O)Nc1ccc(S(=O)(=O)N2CCCC(Cc3nc(-c4ccsc4)no3)C2)cc1. The average molecular weight is 447 g/mol. The molecule has 1 aromatic carbocycles. The van der Waals surface area contributed by atoms with Gasteiger partial charge >= 0.3 is 0 Å². The summed E-state index contributed by atoms with van der Waals surface area (Å²) in [6, 6.07) is 8.18. The first-order valence-corrected chi connectivity index (χ1v) is 12.0. The minimum atomic E-state index is -3.61. The number of carbonyl (C=O) groups excluding carboxylic acids is 1. The van der Waals surface area contributed by atoms with Crippen molar-refractivity contribution in [3.8, 4) is 11.4 Å². The summed E-state index contributed by atoms with van der Waals surface area (Å²) in [4.78, 5) is 15.8. The van der Waals surface area contributed by atoms with Crippen LogP contribution in [0, 0.1) is 5.92 Å². The lowest BCUT2D eigenvalue weighted by atomic mass is 9.96. The van der Waals surface area contributed by atoms with Crippen molar-refractivity contribution in [2.45, 2.75) is 31.1 Å². The Morgan fingerprint density at radius 1 is 1.30 bits per heavy atom. The molecule has 1 fully saturated rings. The molecule has 3 aromatic rings. The fraction of sp³-hybridized carbons (Fsp3) is 0.350. The predicted molar refractivity (Wildman–Crippen MR) is 114 cm³/mol. The van der Waals surface area contributed by atoms with Crippen LogP contribution < -0.4 is 5.32 Å². The first kappa shape index (κ1) is 20.7. The Kier molecular flexibility index (Phi) is 5.98. The Balaban J connectivity index is 1.43. The summed E-state index contributed by atoms with van der Waals surface area (Å²) in [6.45, 7) is 2.30. The second-order valence-electron chi connectivity index (χ2n) is 7.30. The fourth-order valence-corrected chi connectivity index (χ4v) is 5.76. The minimum absolute atomic E-state index is 0.114. The molecule has 1 aliphatic rings. The van der Waals surface area contributed by atoms with E-state index in [4.69, 9.17) is 4.52 Å². The summed E-state index contributed by atoms with van der Waals surface area (Å²) in [7, 11) is -3.61. The maximum atomic E-state index is 13.1. The van der Waals surface area contributed by atoms with Gasteiger partial charge in [-0.15, -0.1) is 0 Å². The van der Waals surface area contributed by atoms with Gasteiger partial charge in [-0.2, -0.15) is 20.6 Å². The van der Waals surface area contributed by atoms with E-state index in [0.717, 1.165) is 18.4 Å². The molecule has 158 valence electrons. The lowest BCUT2D eigenvalue weighted by molar-refractivity contribution is -0.114. The number of nitrogens with one attached hydrogen (secondary N) is 1. The van der Waals surface area contributed by atoms with Crippen molar-refractivity contribution < 1.29 is 17.7 Å². The highest BCUT2D eigenvalue weighted by Gasteiger charge is 2.31. The highest BCUT2D eigenvalue weighted by atomic mass is 32.2. The van der Waals surface area contributed by atoms with E-state index in [1.807, 2.05) is 16.8 Å². The van der Waals surface area contributed by atoms with Gasteiger partial charge in [0.1, 0.15) is 0 Å². The second kappa shape index (κ2) is 8.66. The highest BCUT2D eigenvalue weighted by molar-refractivity contribution is 7.89. The van der Waals surface area contributed by atoms with Crippen LogP contribution in [-0.4, -0.2) is 41.9 Å². The van der Waals surface area contributed by atoms with Crippen molar-refractivity contribution >= 4 is 33.0 Å². The van der Waals surface area contributed by atoms with Gasteiger partial charge in [0.2, 0.25) is 27.6 Å². The van der Waals surface area contributed by atoms with Crippen molar-refractivity contribution in [2.24, 2.45) is 5.92 Å². The number of aromatic nitrogens is 2. The maximum Gasteiger partial charge on any atom is 0.243 e. The largest absolute Gasteiger partial charge is 0.339 e. The topological polar surface area (TPSA) is 105 Å². The van der Waals surface area contributed by atoms with E-state index in [1.165, 1.54) is 23.4 Å². The van der Waals surface area contributed by atoms with Gasteiger partial charge < -0.3 is 9.84 Å². The lowest BCUT2D eigenvalue weighted by Crippen LogP contribution is -2.40. The molecule has 1 aliphatic heterocycles. The number of carbonyl (C=O) groups is 1. The summed E-state index contributed by atoms with van der Waals surface area (Å²) in [5.41, 5.74) is 1.49. The third kappa shape index (κ3) is 4.61. The number of thiophene rings is 1. The molecule has 10 heteroatoms. The van der Waals surface area contributed by atoms with Gasteiger partial charge in [0.15, 0.2) is 0 Å². The van der Waals surface area contributed by atoms with Crippen LogP contribution in [0.5, 0.6) is 0 Å². The Morgan fingerprint density at radius 2 is 2.10 bits per heavy atom. The number of hydrogen-bond donors (Lipinski definition) is 1. The normalized spacial score (nSPS) is 17.7. The number of anilines is 1. The average Bonchev–Trinajstić information content (AvgIpc) is 3.40. The van der Waals surface area contributed by atoms with E-state index < -0.39 is 10.0 Å². The molecule has 0 spiro atoms. The van der Waals surface area contributed by atoms with E-state index in [0.29, 0.717) is 36.9 Å². The summed E-state index contributed by atoms with van der Waals surface area (Å²) in [5.74, 6) is 1.00. The fourth-order valence-electron chi connectivity index (χ4n) is 3.57. The van der Waals surface area contributed by atoms with Gasteiger partial charge in [-0.25, -0.2) is 8.42 Å². The molecule has 0 bridgehead atoms. The molecule has 30 heavy (non-hydrogen) atoms. The Bertz CT molecular complexity index is 1110. The van der Waals surface area contributed by atoms with E-state index >= 15 is 0 Å². The van der Waals surface area contributed by atoms with Crippen molar-refractivity contribution in [2.75, 3.05) is 18.4 Å². The quantitative estimate of drug-likeness (QED) is 0.622. The number of piperidine rings is 1. The molecule has 1 atom stereocenters. The van der Waals surface area contributed by atoms with Crippen molar-refractivity contribution in [1.82, 2.24) is 14.4 Å². The molecule has 0 radical (unpaired) electrons. The zero-order valence-electron chi connectivity index (χ0n) is 16.4. The van der Waals surface area contributed by atoms with Crippen molar-refractivity contribution in [1.29, 1.82) is 0 Å². The van der Waals surface area contributed by atoms with Gasteiger partial charge in [0.25, 0.3) is 0 Å².